The van der Waals surface area contributed by atoms with E-state index in [1.54, 1.807) is 4.90 Å². The van der Waals surface area contributed by atoms with E-state index in [4.69, 9.17) is 5.41 Å². The molecule has 0 spiro atoms. The molecule has 2 rings (SSSR count). The summed E-state index contributed by atoms with van der Waals surface area (Å²) in [5.41, 5.74) is -1.57. The van der Waals surface area contributed by atoms with Crippen molar-refractivity contribution in [3.63, 3.8) is 0 Å². The van der Waals surface area contributed by atoms with Gasteiger partial charge in [-0.1, -0.05) is 45.4 Å². The number of H-pyrrole nitrogens is 1. The van der Waals surface area contributed by atoms with E-state index in [1.807, 2.05) is 14.0 Å². The molecule has 0 saturated heterocycles. The van der Waals surface area contributed by atoms with Gasteiger partial charge in [0.1, 0.15) is 5.56 Å². The molecule has 1 aromatic rings. The molecular formula is C23H41N5O4. The molecule has 0 aromatic carbocycles. The van der Waals surface area contributed by atoms with Crippen molar-refractivity contribution in [2.75, 3.05) is 27.7 Å². The van der Waals surface area contributed by atoms with E-state index in [2.05, 4.69) is 24.0 Å². The molecule has 1 amide bonds. The van der Waals surface area contributed by atoms with Gasteiger partial charge in [-0.25, -0.2) is 4.79 Å². The number of amides is 1. The van der Waals surface area contributed by atoms with Gasteiger partial charge in [0, 0.05) is 31.9 Å². The van der Waals surface area contributed by atoms with E-state index in [0.29, 0.717) is 12.6 Å². The Balaban J connectivity index is 0.000000320. The van der Waals surface area contributed by atoms with Crippen molar-refractivity contribution in [3.05, 3.63) is 26.4 Å². The number of unbranched alkanes of at least 4 members (excludes halogenated alkanes) is 1. The van der Waals surface area contributed by atoms with Gasteiger partial charge in [-0.05, 0) is 39.8 Å². The average molecular weight is 452 g/mol. The van der Waals surface area contributed by atoms with Gasteiger partial charge in [-0.3, -0.25) is 19.1 Å². The quantitative estimate of drug-likeness (QED) is 0.372. The topological polar surface area (TPSA) is 122 Å². The SMILES string of the molecule is CCCCn1c(O)c(C(C)=N)c(=O)[nH]c1=O.CN(C=O)CC(CC1CCCCC1)N(C)C. The highest BCUT2D eigenvalue weighted by Crippen LogP contribution is 2.28. The maximum absolute atomic E-state index is 11.4. The van der Waals surface area contributed by atoms with Crippen molar-refractivity contribution in [2.24, 2.45) is 5.92 Å². The summed E-state index contributed by atoms with van der Waals surface area (Å²) < 4.78 is 1.08. The third-order valence-electron chi connectivity index (χ3n) is 6.02. The van der Waals surface area contributed by atoms with E-state index in [1.165, 1.54) is 45.4 Å². The molecular weight excluding hydrogens is 410 g/mol. The van der Waals surface area contributed by atoms with Crippen molar-refractivity contribution in [2.45, 2.75) is 77.8 Å². The minimum Gasteiger partial charge on any atom is -0.494 e. The van der Waals surface area contributed by atoms with Crippen molar-refractivity contribution < 1.29 is 9.90 Å². The first-order valence-corrected chi connectivity index (χ1v) is 11.6. The zero-order valence-electron chi connectivity index (χ0n) is 20.3. The Labute approximate surface area is 190 Å². The largest absolute Gasteiger partial charge is 0.494 e. The van der Waals surface area contributed by atoms with Crippen LogP contribution in [-0.4, -0.2) is 70.3 Å². The molecule has 9 nitrogen and oxygen atoms in total. The Morgan fingerprint density at radius 1 is 1.25 bits per heavy atom. The number of carbonyl (C=O) groups is 1. The lowest BCUT2D eigenvalue weighted by atomic mass is 9.84. The first-order valence-electron chi connectivity index (χ1n) is 11.6. The number of likely N-dealkylation sites (N-methyl/N-ethyl adjacent to an activating group) is 2. The summed E-state index contributed by atoms with van der Waals surface area (Å²) in [6.07, 6.45) is 10.7. The lowest BCUT2D eigenvalue weighted by Gasteiger charge is -2.32. The second-order valence-electron chi connectivity index (χ2n) is 8.99. The zero-order valence-corrected chi connectivity index (χ0v) is 20.3. The monoisotopic (exact) mass is 451 g/mol. The molecule has 1 atom stereocenters. The summed E-state index contributed by atoms with van der Waals surface area (Å²) in [6, 6.07) is 0.512. The molecule has 1 heterocycles. The summed E-state index contributed by atoms with van der Waals surface area (Å²) in [6.45, 7) is 4.53. The second-order valence-corrected chi connectivity index (χ2v) is 8.99. The van der Waals surface area contributed by atoms with Gasteiger partial charge in [-0.15, -0.1) is 0 Å². The van der Waals surface area contributed by atoms with Gasteiger partial charge >= 0.3 is 5.69 Å². The molecule has 0 aliphatic heterocycles. The summed E-state index contributed by atoms with van der Waals surface area (Å²) in [4.78, 5) is 39.5. The number of aromatic nitrogens is 2. The fourth-order valence-electron chi connectivity index (χ4n) is 4.05. The third kappa shape index (κ3) is 8.61. The third-order valence-corrected chi connectivity index (χ3v) is 6.02. The summed E-state index contributed by atoms with van der Waals surface area (Å²) in [5, 5.41) is 17.1. The molecule has 3 N–H and O–H groups in total. The Morgan fingerprint density at radius 2 is 1.88 bits per heavy atom. The van der Waals surface area contributed by atoms with Gasteiger partial charge in [0.2, 0.25) is 12.3 Å². The van der Waals surface area contributed by atoms with Crippen molar-refractivity contribution in [1.29, 1.82) is 5.41 Å². The molecule has 1 aromatic heterocycles. The van der Waals surface area contributed by atoms with Crippen molar-refractivity contribution in [3.8, 4) is 5.88 Å². The maximum Gasteiger partial charge on any atom is 0.331 e. The van der Waals surface area contributed by atoms with Crippen LogP contribution in [0.3, 0.4) is 0 Å². The molecule has 1 aliphatic carbocycles. The fourth-order valence-corrected chi connectivity index (χ4v) is 4.05. The standard InChI is InChI=1S/C13H26N2O.C10H15N3O3/c1-14(2)13(10-15(3)11-16)9-12-7-5-4-6-8-12;1-3-4-5-13-9(15)7(6(2)11)8(14)12-10(13)16/h11-13H,4-10H2,1-3H3;11,15H,3-5H2,1-2H3,(H,12,14,16). The van der Waals surface area contributed by atoms with Crippen LogP contribution in [0.5, 0.6) is 5.88 Å². The molecule has 1 fully saturated rings. The molecule has 32 heavy (non-hydrogen) atoms. The predicted octanol–water partition coefficient (Wildman–Crippen LogP) is 2.41. The van der Waals surface area contributed by atoms with Gasteiger partial charge in [0.15, 0.2) is 0 Å². The Kier molecular flexibility index (Phi) is 12.0. The van der Waals surface area contributed by atoms with Crippen LogP contribution in [-0.2, 0) is 11.3 Å². The average Bonchev–Trinajstić information content (AvgIpc) is 2.73. The van der Waals surface area contributed by atoms with Crippen LogP contribution in [0.1, 0.15) is 70.8 Å². The smallest absolute Gasteiger partial charge is 0.331 e. The van der Waals surface area contributed by atoms with Crippen LogP contribution in [0.25, 0.3) is 0 Å². The molecule has 1 aliphatic rings. The van der Waals surface area contributed by atoms with Crippen LogP contribution < -0.4 is 11.2 Å². The molecule has 182 valence electrons. The van der Waals surface area contributed by atoms with Crippen LogP contribution in [0.15, 0.2) is 9.59 Å². The van der Waals surface area contributed by atoms with Crippen molar-refractivity contribution >= 4 is 12.1 Å². The number of aromatic hydroxyl groups is 1. The minimum atomic E-state index is -0.720. The van der Waals surface area contributed by atoms with Gasteiger partial charge in [0.05, 0.1) is 0 Å². The highest BCUT2D eigenvalue weighted by Gasteiger charge is 2.21. The zero-order chi connectivity index (χ0) is 24.3. The normalized spacial score (nSPS) is 15.1. The number of hydrogen-bond acceptors (Lipinski definition) is 6. The van der Waals surface area contributed by atoms with Crippen LogP contribution in [0.2, 0.25) is 0 Å². The highest BCUT2D eigenvalue weighted by molar-refractivity contribution is 5.97. The lowest BCUT2D eigenvalue weighted by Crippen LogP contribution is -2.39. The Morgan fingerprint density at radius 3 is 2.38 bits per heavy atom. The minimum absolute atomic E-state index is 0.0657. The summed E-state index contributed by atoms with van der Waals surface area (Å²) in [5.74, 6) is 0.455. The first kappa shape index (κ1) is 27.6. The predicted molar refractivity (Wildman–Crippen MR) is 128 cm³/mol. The number of nitrogens with zero attached hydrogens (tertiary/aromatic N) is 3. The van der Waals surface area contributed by atoms with E-state index < -0.39 is 17.1 Å². The van der Waals surface area contributed by atoms with Crippen molar-refractivity contribution in [1.82, 2.24) is 19.4 Å². The van der Waals surface area contributed by atoms with Crippen LogP contribution in [0.4, 0.5) is 0 Å². The number of hydrogen-bond donors (Lipinski definition) is 3. The Bertz CT molecular complexity index is 840. The summed E-state index contributed by atoms with van der Waals surface area (Å²) >= 11 is 0. The number of carbonyl (C=O) groups excluding carboxylic acids is 1. The molecule has 1 unspecified atom stereocenters. The second kappa shape index (κ2) is 13.9. The van der Waals surface area contributed by atoms with Gasteiger partial charge in [-0.2, -0.15) is 0 Å². The molecule has 0 radical (unpaired) electrons. The molecule has 0 bridgehead atoms. The molecule has 1 saturated carbocycles. The highest BCUT2D eigenvalue weighted by atomic mass is 16.3. The Hall–Kier alpha value is -2.42. The number of aromatic amines is 1. The van der Waals surface area contributed by atoms with Crippen LogP contribution >= 0.6 is 0 Å². The van der Waals surface area contributed by atoms with E-state index in [0.717, 1.165) is 36.3 Å². The molecule has 9 heteroatoms. The van der Waals surface area contributed by atoms with E-state index >= 15 is 0 Å². The van der Waals surface area contributed by atoms with E-state index in [9.17, 15) is 19.5 Å². The van der Waals surface area contributed by atoms with Gasteiger partial charge < -0.3 is 20.3 Å². The maximum atomic E-state index is 11.4. The number of rotatable bonds is 10. The van der Waals surface area contributed by atoms with Gasteiger partial charge in [0.25, 0.3) is 5.56 Å². The number of nitrogens with one attached hydrogen (secondary N) is 2. The van der Waals surface area contributed by atoms with Crippen LogP contribution in [0, 0.1) is 11.3 Å². The van der Waals surface area contributed by atoms with E-state index in [-0.39, 0.29) is 11.3 Å². The fraction of sp³-hybridized carbons (Fsp3) is 0.739. The first-order chi connectivity index (χ1) is 15.1. The lowest BCUT2D eigenvalue weighted by molar-refractivity contribution is -0.117. The summed E-state index contributed by atoms with van der Waals surface area (Å²) in [7, 11) is 6.10.